The molecule has 1 saturated carbocycles. The number of fused-ring (bicyclic) bond motifs is 1. The molecule has 0 aromatic rings. The summed E-state index contributed by atoms with van der Waals surface area (Å²) in [4.78, 5) is 10.2. The first-order valence-corrected chi connectivity index (χ1v) is 2.72. The lowest BCUT2D eigenvalue weighted by Gasteiger charge is -1.90. The Hall–Kier alpha value is -0.790. The maximum absolute atomic E-state index is 10.2. The third-order valence-electron chi connectivity index (χ3n) is 1.97. The topological polar surface area (TPSA) is 37.3 Å². The van der Waals surface area contributed by atoms with E-state index in [1.165, 1.54) is 0 Å². The van der Waals surface area contributed by atoms with Crippen molar-refractivity contribution in [1.82, 2.24) is 0 Å². The number of rotatable bonds is 1. The second-order valence-corrected chi connectivity index (χ2v) is 2.40. The fourth-order valence-corrected chi connectivity index (χ4v) is 1.30. The van der Waals surface area contributed by atoms with E-state index < -0.39 is 5.97 Å². The molecule has 0 bridgehead atoms. The van der Waals surface area contributed by atoms with Crippen molar-refractivity contribution in [1.29, 1.82) is 0 Å². The van der Waals surface area contributed by atoms with Crippen LogP contribution in [0.1, 0.15) is 0 Å². The van der Waals surface area contributed by atoms with E-state index in [4.69, 9.17) is 5.11 Å². The molecule has 0 saturated heterocycles. The number of carbonyl (C=O) groups is 1. The van der Waals surface area contributed by atoms with Gasteiger partial charge in [-0.05, 0) is 11.8 Å². The lowest BCUT2D eigenvalue weighted by atomic mass is 10.1. The van der Waals surface area contributed by atoms with Crippen molar-refractivity contribution in [3.63, 3.8) is 0 Å². The Morgan fingerprint density at radius 2 is 1.88 bits per heavy atom. The minimum atomic E-state index is -0.634. The number of hydrogen-bond acceptors (Lipinski definition) is 1. The second kappa shape index (κ2) is 0.966. The monoisotopic (exact) mass is 110 g/mol. The summed E-state index contributed by atoms with van der Waals surface area (Å²) in [6.07, 6.45) is 3.95. The maximum Gasteiger partial charge on any atom is 0.307 e. The van der Waals surface area contributed by atoms with Crippen LogP contribution in [0.3, 0.4) is 0 Å². The van der Waals surface area contributed by atoms with Crippen molar-refractivity contribution in [2.24, 2.45) is 17.8 Å². The first-order chi connectivity index (χ1) is 3.80. The molecule has 0 aromatic heterocycles. The highest BCUT2D eigenvalue weighted by atomic mass is 16.4. The summed E-state index contributed by atoms with van der Waals surface area (Å²) in [7, 11) is 0. The summed E-state index contributed by atoms with van der Waals surface area (Å²) in [5.41, 5.74) is 0. The molecule has 0 amide bonds. The molecule has 42 valence electrons. The predicted octanol–water partition coefficient (Wildman–Crippen LogP) is 0.503. The Labute approximate surface area is 46.8 Å². The van der Waals surface area contributed by atoms with Gasteiger partial charge in [0.2, 0.25) is 0 Å². The average Bonchev–Trinajstić information content (AvgIpc) is 2.07. The Kier molecular flexibility index (Phi) is 0.498. The molecule has 0 spiro atoms. The highest BCUT2D eigenvalue weighted by Crippen LogP contribution is 2.55. The highest BCUT2D eigenvalue weighted by molar-refractivity contribution is 5.77. The van der Waals surface area contributed by atoms with Crippen molar-refractivity contribution in [3.8, 4) is 0 Å². The van der Waals surface area contributed by atoms with E-state index in [0.717, 1.165) is 0 Å². The van der Waals surface area contributed by atoms with Crippen molar-refractivity contribution in [2.45, 2.75) is 0 Å². The first-order valence-electron chi connectivity index (χ1n) is 2.72. The van der Waals surface area contributed by atoms with E-state index in [1.807, 2.05) is 12.2 Å². The van der Waals surface area contributed by atoms with E-state index >= 15 is 0 Å². The van der Waals surface area contributed by atoms with E-state index in [2.05, 4.69) is 0 Å². The van der Waals surface area contributed by atoms with Gasteiger partial charge in [-0.15, -0.1) is 0 Å². The molecule has 1 N–H and O–H groups in total. The summed E-state index contributed by atoms with van der Waals surface area (Å²) in [5.74, 6) is 0.139. The van der Waals surface area contributed by atoms with Crippen LogP contribution in [0.5, 0.6) is 0 Å². The minimum Gasteiger partial charge on any atom is -0.481 e. The Bertz CT molecular complexity index is 159. The lowest BCUT2D eigenvalue weighted by molar-refractivity contribution is -0.138. The number of aliphatic carboxylic acids is 1. The van der Waals surface area contributed by atoms with Gasteiger partial charge in [-0.2, -0.15) is 0 Å². The molecule has 2 aliphatic carbocycles. The van der Waals surface area contributed by atoms with Crippen molar-refractivity contribution in [2.75, 3.05) is 0 Å². The smallest absolute Gasteiger partial charge is 0.307 e. The van der Waals surface area contributed by atoms with Crippen LogP contribution < -0.4 is 0 Å². The SMILES string of the molecule is O=C(O)C1[C@H]2C=C[C@@H]12. The highest BCUT2D eigenvalue weighted by Gasteiger charge is 2.56. The molecule has 2 nitrogen and oxygen atoms in total. The van der Waals surface area contributed by atoms with Gasteiger partial charge in [-0.3, -0.25) is 4.79 Å². The van der Waals surface area contributed by atoms with Gasteiger partial charge in [0.15, 0.2) is 0 Å². The van der Waals surface area contributed by atoms with Crippen molar-refractivity contribution < 1.29 is 9.90 Å². The van der Waals surface area contributed by atoms with Crippen LogP contribution in [0.25, 0.3) is 0 Å². The normalized spacial score (nSPS) is 47.2. The molecule has 2 heteroatoms. The molecular weight excluding hydrogens is 104 g/mol. The zero-order chi connectivity index (χ0) is 5.72. The Morgan fingerprint density at radius 1 is 1.38 bits per heavy atom. The largest absolute Gasteiger partial charge is 0.481 e. The molecule has 0 aromatic carbocycles. The number of carboxylic acid groups (broad SMARTS) is 1. The van der Waals surface area contributed by atoms with Crippen LogP contribution in [0, 0.1) is 17.8 Å². The van der Waals surface area contributed by atoms with Gasteiger partial charge in [-0.1, -0.05) is 12.2 Å². The van der Waals surface area contributed by atoms with E-state index in [-0.39, 0.29) is 5.92 Å². The quantitative estimate of drug-likeness (QED) is 0.499. The fourth-order valence-electron chi connectivity index (χ4n) is 1.30. The lowest BCUT2D eigenvalue weighted by Crippen LogP contribution is -1.97. The number of hydrogen-bond donors (Lipinski definition) is 1. The molecule has 3 atom stereocenters. The number of allylic oxidation sites excluding steroid dienone is 2. The predicted molar refractivity (Wildman–Crippen MR) is 27.2 cm³/mol. The zero-order valence-electron chi connectivity index (χ0n) is 4.24. The summed E-state index contributed by atoms with van der Waals surface area (Å²) in [5, 5.41) is 8.39. The molecule has 8 heavy (non-hydrogen) atoms. The van der Waals surface area contributed by atoms with Gasteiger partial charge in [0, 0.05) is 0 Å². The molecule has 0 radical (unpaired) electrons. The second-order valence-electron chi connectivity index (χ2n) is 2.40. The molecule has 2 rings (SSSR count). The molecule has 2 aliphatic rings. The van der Waals surface area contributed by atoms with E-state index in [9.17, 15) is 4.79 Å². The van der Waals surface area contributed by atoms with Crippen LogP contribution in [0.15, 0.2) is 12.2 Å². The van der Waals surface area contributed by atoms with Gasteiger partial charge < -0.3 is 5.11 Å². The van der Waals surface area contributed by atoms with Crippen LogP contribution >= 0.6 is 0 Å². The summed E-state index contributed by atoms with van der Waals surface area (Å²) >= 11 is 0. The van der Waals surface area contributed by atoms with Gasteiger partial charge >= 0.3 is 5.97 Å². The summed E-state index contributed by atoms with van der Waals surface area (Å²) in [6.45, 7) is 0. The summed E-state index contributed by atoms with van der Waals surface area (Å²) < 4.78 is 0. The van der Waals surface area contributed by atoms with Gasteiger partial charge in [-0.25, -0.2) is 0 Å². The van der Waals surface area contributed by atoms with E-state index in [1.54, 1.807) is 0 Å². The molecule has 0 heterocycles. The third kappa shape index (κ3) is 0.278. The summed E-state index contributed by atoms with van der Waals surface area (Å²) in [6, 6.07) is 0. The van der Waals surface area contributed by atoms with Crippen molar-refractivity contribution >= 4 is 5.97 Å². The molecule has 1 unspecified atom stereocenters. The third-order valence-corrected chi connectivity index (χ3v) is 1.97. The minimum absolute atomic E-state index is 0.0463. The van der Waals surface area contributed by atoms with Gasteiger partial charge in [0.05, 0.1) is 5.92 Å². The number of carboxylic acids is 1. The van der Waals surface area contributed by atoms with Crippen LogP contribution in [-0.4, -0.2) is 11.1 Å². The van der Waals surface area contributed by atoms with Crippen LogP contribution in [0.4, 0.5) is 0 Å². The molecule has 1 fully saturated rings. The molecular formula is C6H6O2. The van der Waals surface area contributed by atoms with Crippen LogP contribution in [0.2, 0.25) is 0 Å². The standard InChI is InChI=1S/C6H6O2/c7-6(8)5-3-1-2-4(3)5/h1-5H,(H,7,8)/t3-,4+,5?. The average molecular weight is 110 g/mol. The molecule has 0 aliphatic heterocycles. The van der Waals surface area contributed by atoms with Gasteiger partial charge in [0.25, 0.3) is 0 Å². The van der Waals surface area contributed by atoms with E-state index in [0.29, 0.717) is 11.8 Å². The maximum atomic E-state index is 10.2. The Balaban J connectivity index is 2.09. The van der Waals surface area contributed by atoms with Crippen LogP contribution in [-0.2, 0) is 4.79 Å². The van der Waals surface area contributed by atoms with Gasteiger partial charge in [0.1, 0.15) is 0 Å². The zero-order valence-corrected chi connectivity index (χ0v) is 4.24. The first kappa shape index (κ1) is 4.13. The fraction of sp³-hybridized carbons (Fsp3) is 0.500. The Morgan fingerprint density at radius 3 is 2.00 bits per heavy atom. The van der Waals surface area contributed by atoms with Crippen molar-refractivity contribution in [3.05, 3.63) is 12.2 Å².